The first-order valence-electron chi connectivity index (χ1n) is 14.3. The van der Waals surface area contributed by atoms with Crippen molar-refractivity contribution in [3.63, 3.8) is 0 Å². The molecule has 2 fully saturated rings. The lowest BCUT2D eigenvalue weighted by molar-refractivity contribution is -0.153. The number of hydrogen-bond acceptors (Lipinski definition) is 10. The summed E-state index contributed by atoms with van der Waals surface area (Å²) < 4.78 is 5.46. The summed E-state index contributed by atoms with van der Waals surface area (Å²) in [4.78, 5) is 43.3. The zero-order valence-corrected chi connectivity index (χ0v) is 24.0. The van der Waals surface area contributed by atoms with Crippen LogP contribution in [-0.4, -0.2) is 99.7 Å². The van der Waals surface area contributed by atoms with Crippen molar-refractivity contribution in [1.82, 2.24) is 9.80 Å². The van der Waals surface area contributed by atoms with Gasteiger partial charge in [0.25, 0.3) is 5.91 Å². The molecule has 1 saturated carbocycles. The standard InChI is InChI=1S/C32H35N3O8/c1-34(2)26-21-14-18-13-20-19(17-5-3-4-16(12-17)15-35-8-10-43-11-9-35)6-7-22(36)24(20)27(37)23(18)29(39)32(21,42)30(40)25(28(26)38)31(33)41/h3-7,12,18,21,26,36-37,40,42H,8-11,13-15H2,1-2H3,(H2,33,41)/t18-,21+,26+,32-/m1/s1. The topological polar surface area (TPSA) is 174 Å². The highest BCUT2D eigenvalue weighted by Gasteiger charge is 2.64. The fourth-order valence-electron chi connectivity index (χ4n) is 7.37. The van der Waals surface area contributed by atoms with Gasteiger partial charge in [-0.05, 0) is 67.2 Å². The Kier molecular flexibility index (Phi) is 7.16. The smallest absolute Gasteiger partial charge is 0.255 e. The maximum Gasteiger partial charge on any atom is 0.255 e. The van der Waals surface area contributed by atoms with Crippen LogP contribution in [0.25, 0.3) is 16.9 Å². The highest BCUT2D eigenvalue weighted by atomic mass is 16.5. The first-order chi connectivity index (χ1) is 20.4. The van der Waals surface area contributed by atoms with E-state index in [1.807, 2.05) is 18.2 Å². The van der Waals surface area contributed by atoms with Gasteiger partial charge in [0.05, 0.1) is 24.8 Å². The van der Waals surface area contributed by atoms with Crippen molar-refractivity contribution < 1.29 is 39.5 Å². The van der Waals surface area contributed by atoms with Gasteiger partial charge in [0.1, 0.15) is 22.8 Å². The Morgan fingerprint density at radius 1 is 1.12 bits per heavy atom. The molecular weight excluding hydrogens is 554 g/mol. The van der Waals surface area contributed by atoms with E-state index in [1.165, 1.54) is 11.0 Å². The Balaban J connectivity index is 1.46. The van der Waals surface area contributed by atoms with Crippen LogP contribution in [0.1, 0.15) is 23.1 Å². The Morgan fingerprint density at radius 2 is 1.84 bits per heavy atom. The third-order valence-electron chi connectivity index (χ3n) is 9.35. The number of morpholine rings is 1. The van der Waals surface area contributed by atoms with Gasteiger partial charge in [0.2, 0.25) is 5.78 Å². The van der Waals surface area contributed by atoms with Crippen LogP contribution in [0.4, 0.5) is 0 Å². The van der Waals surface area contributed by atoms with Crippen LogP contribution in [0.5, 0.6) is 5.75 Å². The van der Waals surface area contributed by atoms with Crippen LogP contribution in [0.2, 0.25) is 0 Å². The molecular formula is C32H35N3O8. The maximum atomic E-state index is 14.1. The molecule has 1 heterocycles. The molecule has 11 nitrogen and oxygen atoms in total. The molecule has 0 unspecified atom stereocenters. The molecule has 11 heteroatoms. The molecule has 6 rings (SSSR count). The van der Waals surface area contributed by atoms with Gasteiger partial charge in [-0.15, -0.1) is 0 Å². The van der Waals surface area contributed by atoms with Crippen LogP contribution in [0, 0.1) is 11.8 Å². The van der Waals surface area contributed by atoms with E-state index in [0.717, 1.165) is 36.3 Å². The number of ketones is 2. The van der Waals surface area contributed by atoms with E-state index in [4.69, 9.17) is 10.5 Å². The Bertz CT molecular complexity index is 1610. The van der Waals surface area contributed by atoms with Crippen LogP contribution in [-0.2, 0) is 32.1 Å². The highest BCUT2D eigenvalue weighted by molar-refractivity contribution is 6.24. The van der Waals surface area contributed by atoms with Crippen molar-refractivity contribution in [2.45, 2.75) is 31.0 Å². The summed E-state index contributed by atoms with van der Waals surface area (Å²) in [5, 5.41) is 45.2. The predicted molar refractivity (Wildman–Crippen MR) is 156 cm³/mol. The molecule has 1 aliphatic heterocycles. The van der Waals surface area contributed by atoms with Crippen LogP contribution < -0.4 is 5.73 Å². The molecule has 1 saturated heterocycles. The number of phenolic OH excluding ortho intramolecular Hbond substituents is 1. The minimum Gasteiger partial charge on any atom is -0.508 e. The molecule has 43 heavy (non-hydrogen) atoms. The fraction of sp³-hybridized carbons (Fsp3) is 0.406. The summed E-state index contributed by atoms with van der Waals surface area (Å²) >= 11 is 0. The van der Waals surface area contributed by atoms with Crippen molar-refractivity contribution in [1.29, 1.82) is 0 Å². The van der Waals surface area contributed by atoms with Gasteiger partial charge in [-0.3, -0.25) is 24.2 Å². The summed E-state index contributed by atoms with van der Waals surface area (Å²) in [7, 11) is 3.15. The first-order valence-corrected chi connectivity index (χ1v) is 14.3. The molecule has 2 aromatic rings. The number of rotatable bonds is 5. The van der Waals surface area contributed by atoms with Crippen molar-refractivity contribution in [3.05, 3.63) is 70.0 Å². The number of phenols is 1. The second-order valence-corrected chi connectivity index (χ2v) is 12.0. The molecule has 2 aromatic carbocycles. The van der Waals surface area contributed by atoms with Gasteiger partial charge in [0.15, 0.2) is 11.4 Å². The van der Waals surface area contributed by atoms with E-state index in [9.17, 15) is 34.8 Å². The second kappa shape index (κ2) is 10.6. The average molecular weight is 590 g/mol. The molecule has 0 bridgehead atoms. The van der Waals surface area contributed by atoms with Crippen molar-refractivity contribution in [3.8, 4) is 16.9 Å². The van der Waals surface area contributed by atoms with Crippen molar-refractivity contribution in [2.75, 3.05) is 40.4 Å². The quantitative estimate of drug-likeness (QED) is 0.321. The van der Waals surface area contributed by atoms with Gasteiger partial charge in [-0.25, -0.2) is 0 Å². The number of fused-ring (bicyclic) bond motifs is 3. The SMILES string of the molecule is CN(C)[C@@H]1C(=O)C(C(N)=O)=C(O)[C@]2(O)C(=O)C3=C(O)c4c(O)ccc(-c5cccc(CN6CCOCC6)c5)c4C[C@@H]3C[C@@H]12. The number of likely N-dealkylation sites (N-methyl/N-ethyl adjacent to an activating group) is 1. The van der Waals surface area contributed by atoms with E-state index >= 15 is 0 Å². The lowest BCUT2D eigenvalue weighted by Crippen LogP contribution is -2.65. The Morgan fingerprint density at radius 3 is 2.51 bits per heavy atom. The second-order valence-electron chi connectivity index (χ2n) is 12.0. The molecule has 4 aliphatic rings. The van der Waals surface area contributed by atoms with Gasteiger partial charge in [-0.1, -0.05) is 24.3 Å². The third kappa shape index (κ3) is 4.46. The number of aromatic hydroxyl groups is 1. The fourth-order valence-corrected chi connectivity index (χ4v) is 7.37. The Labute approximate surface area is 248 Å². The van der Waals surface area contributed by atoms with Crippen molar-refractivity contribution in [2.24, 2.45) is 17.6 Å². The lowest BCUT2D eigenvalue weighted by Gasteiger charge is -2.50. The number of nitrogens with two attached hydrogens (primary N) is 1. The van der Waals surface area contributed by atoms with Crippen molar-refractivity contribution >= 4 is 23.2 Å². The number of primary amides is 1. The van der Waals surface area contributed by atoms with Gasteiger partial charge < -0.3 is 30.9 Å². The number of carbonyl (C=O) groups is 3. The summed E-state index contributed by atoms with van der Waals surface area (Å²) in [5.41, 5.74) is 5.19. The molecule has 226 valence electrons. The largest absolute Gasteiger partial charge is 0.508 e. The molecule has 0 radical (unpaired) electrons. The molecule has 4 atom stereocenters. The minimum atomic E-state index is -2.66. The monoisotopic (exact) mass is 589 g/mol. The van der Waals surface area contributed by atoms with Gasteiger partial charge in [0, 0.05) is 31.1 Å². The molecule has 6 N–H and O–H groups in total. The summed E-state index contributed by atoms with van der Waals surface area (Å²) in [5.74, 6) is -6.66. The number of hydrogen-bond donors (Lipinski definition) is 5. The van der Waals surface area contributed by atoms with E-state index in [2.05, 4.69) is 11.0 Å². The van der Waals surface area contributed by atoms with Gasteiger partial charge in [-0.2, -0.15) is 0 Å². The zero-order chi connectivity index (χ0) is 30.8. The first kappa shape index (κ1) is 29.1. The number of ether oxygens (including phenoxy) is 1. The predicted octanol–water partition coefficient (Wildman–Crippen LogP) is 1.46. The summed E-state index contributed by atoms with van der Waals surface area (Å²) in [6.45, 7) is 3.80. The number of benzene rings is 2. The van der Waals surface area contributed by atoms with E-state index in [0.29, 0.717) is 18.8 Å². The molecule has 0 spiro atoms. The van der Waals surface area contributed by atoms with E-state index in [1.54, 1.807) is 20.2 Å². The number of carbonyl (C=O) groups excluding carboxylic acids is 3. The minimum absolute atomic E-state index is 0.0396. The Hall–Kier alpha value is -4.03. The van der Waals surface area contributed by atoms with E-state index < -0.39 is 58.0 Å². The number of aliphatic hydroxyl groups is 3. The highest BCUT2D eigenvalue weighted by Crippen LogP contribution is 2.53. The zero-order valence-electron chi connectivity index (χ0n) is 24.0. The normalized spacial score (nSPS) is 27.7. The van der Waals surface area contributed by atoms with Gasteiger partial charge >= 0.3 is 0 Å². The molecule has 1 amide bonds. The van der Waals surface area contributed by atoms with E-state index in [-0.39, 0.29) is 29.7 Å². The van der Waals surface area contributed by atoms with Crippen LogP contribution >= 0.6 is 0 Å². The number of nitrogens with zero attached hydrogens (tertiary/aromatic N) is 2. The maximum absolute atomic E-state index is 14.1. The van der Waals surface area contributed by atoms with Crippen LogP contribution in [0.15, 0.2) is 53.3 Å². The summed E-state index contributed by atoms with van der Waals surface area (Å²) in [6.07, 6.45) is 0.268. The summed E-state index contributed by atoms with van der Waals surface area (Å²) in [6, 6.07) is 10.1. The number of Topliss-reactive ketones (excluding diaryl/α,β-unsaturated/α-hetero) is 2. The van der Waals surface area contributed by atoms with Crippen LogP contribution in [0.3, 0.4) is 0 Å². The molecule has 0 aromatic heterocycles. The third-order valence-corrected chi connectivity index (χ3v) is 9.35. The lowest BCUT2D eigenvalue weighted by atomic mass is 9.57. The average Bonchev–Trinajstić information content (AvgIpc) is 2.95. The number of aliphatic hydroxyl groups excluding tert-OH is 2. The number of amides is 1. The molecule has 3 aliphatic carbocycles.